The number of phenolic OH excluding ortho intramolecular Hbond substituents is 2. The number of hydrogen-bond acceptors (Lipinski definition) is 5. The van der Waals surface area contributed by atoms with Gasteiger partial charge in [-0.3, -0.25) is 10.6 Å². The number of rotatable bonds is 4. The van der Waals surface area contributed by atoms with Crippen LogP contribution in [0.1, 0.15) is 12.5 Å². The maximum atomic E-state index is 11.0. The molecule has 0 fully saturated rings. The highest BCUT2D eigenvalue weighted by Crippen LogP contribution is 2.30. The van der Waals surface area contributed by atoms with Crippen LogP contribution in [0.5, 0.6) is 11.5 Å². The highest BCUT2D eigenvalue weighted by molar-refractivity contribution is 5.78. The number of carboxylic acid groups (broad SMARTS) is 1. The number of aromatic hydroxyl groups is 2. The van der Waals surface area contributed by atoms with Gasteiger partial charge in [-0.15, -0.1) is 0 Å². The average molecular weight is 226 g/mol. The van der Waals surface area contributed by atoms with Crippen LogP contribution >= 0.6 is 0 Å². The van der Waals surface area contributed by atoms with Crippen LogP contribution in [-0.2, 0) is 11.2 Å². The number of aliphatic carboxylic acids is 1. The number of nitrogens with two attached hydrogens (primary N) is 1. The predicted molar refractivity (Wildman–Crippen MR) is 56.8 cm³/mol. The molecule has 1 rings (SSSR count). The van der Waals surface area contributed by atoms with Crippen LogP contribution in [0.15, 0.2) is 18.2 Å². The fourth-order valence-electron chi connectivity index (χ4n) is 1.29. The van der Waals surface area contributed by atoms with Gasteiger partial charge >= 0.3 is 5.97 Å². The van der Waals surface area contributed by atoms with Crippen LogP contribution < -0.4 is 11.3 Å². The van der Waals surface area contributed by atoms with E-state index in [2.05, 4.69) is 5.43 Å². The first kappa shape index (κ1) is 12.3. The molecule has 0 aliphatic heterocycles. The second-order valence-corrected chi connectivity index (χ2v) is 3.74. The summed E-state index contributed by atoms with van der Waals surface area (Å²) < 4.78 is 0. The molecule has 1 unspecified atom stereocenters. The third kappa shape index (κ3) is 2.23. The smallest absolute Gasteiger partial charge is 0.325 e. The zero-order chi connectivity index (χ0) is 12.3. The van der Waals surface area contributed by atoms with Crippen molar-refractivity contribution in [2.24, 2.45) is 5.84 Å². The molecule has 88 valence electrons. The number of carboxylic acids is 1. The van der Waals surface area contributed by atoms with E-state index in [1.807, 2.05) is 0 Å². The third-order valence-electron chi connectivity index (χ3n) is 2.43. The van der Waals surface area contributed by atoms with Crippen molar-refractivity contribution in [3.8, 4) is 11.5 Å². The minimum Gasteiger partial charge on any atom is -0.504 e. The summed E-state index contributed by atoms with van der Waals surface area (Å²) in [5, 5.41) is 27.8. The van der Waals surface area contributed by atoms with Gasteiger partial charge in [0.25, 0.3) is 0 Å². The molecule has 0 aromatic heterocycles. The molecule has 0 radical (unpaired) electrons. The number of hydrazine groups is 1. The zero-order valence-electron chi connectivity index (χ0n) is 8.77. The highest BCUT2D eigenvalue weighted by Gasteiger charge is 2.33. The number of carbonyl (C=O) groups is 1. The van der Waals surface area contributed by atoms with Gasteiger partial charge in [-0.2, -0.15) is 0 Å². The van der Waals surface area contributed by atoms with Crippen LogP contribution in [0, 0.1) is 0 Å². The van der Waals surface area contributed by atoms with E-state index in [9.17, 15) is 15.0 Å². The lowest BCUT2D eigenvalue weighted by atomic mass is 9.93. The maximum Gasteiger partial charge on any atom is 0.325 e. The highest BCUT2D eigenvalue weighted by atomic mass is 16.4. The van der Waals surface area contributed by atoms with E-state index in [1.165, 1.54) is 25.1 Å². The lowest BCUT2D eigenvalue weighted by molar-refractivity contribution is -0.144. The maximum absolute atomic E-state index is 11.0. The summed E-state index contributed by atoms with van der Waals surface area (Å²) in [7, 11) is 0. The van der Waals surface area contributed by atoms with Gasteiger partial charge in [0.05, 0.1) is 0 Å². The summed E-state index contributed by atoms with van der Waals surface area (Å²) in [6, 6.07) is 4.35. The molecule has 0 aliphatic carbocycles. The zero-order valence-corrected chi connectivity index (χ0v) is 8.77. The van der Waals surface area contributed by atoms with Crippen molar-refractivity contribution in [1.29, 1.82) is 0 Å². The Bertz CT molecular complexity index is 408. The van der Waals surface area contributed by atoms with Gasteiger partial charge in [0, 0.05) is 12.0 Å². The Kier molecular flexibility index (Phi) is 3.36. The molecule has 1 aromatic rings. The summed E-state index contributed by atoms with van der Waals surface area (Å²) in [5.74, 6) is 3.41. The molecule has 6 N–H and O–H groups in total. The van der Waals surface area contributed by atoms with E-state index in [4.69, 9.17) is 10.9 Å². The van der Waals surface area contributed by atoms with Crippen molar-refractivity contribution >= 4 is 5.97 Å². The number of para-hydroxylation sites is 1. The van der Waals surface area contributed by atoms with E-state index >= 15 is 0 Å². The van der Waals surface area contributed by atoms with Crippen molar-refractivity contribution in [3.05, 3.63) is 23.8 Å². The van der Waals surface area contributed by atoms with E-state index in [1.54, 1.807) is 0 Å². The van der Waals surface area contributed by atoms with E-state index < -0.39 is 11.5 Å². The van der Waals surface area contributed by atoms with Crippen LogP contribution in [-0.4, -0.2) is 26.8 Å². The minimum atomic E-state index is -1.40. The molecule has 0 saturated carbocycles. The molecule has 0 aliphatic rings. The Morgan fingerprint density at radius 3 is 2.62 bits per heavy atom. The van der Waals surface area contributed by atoms with Crippen LogP contribution in [0.2, 0.25) is 0 Å². The average Bonchev–Trinajstić information content (AvgIpc) is 2.24. The van der Waals surface area contributed by atoms with Gasteiger partial charge in [0.2, 0.25) is 0 Å². The van der Waals surface area contributed by atoms with Crippen LogP contribution in [0.4, 0.5) is 0 Å². The first-order valence-corrected chi connectivity index (χ1v) is 4.61. The number of hydrogen-bond donors (Lipinski definition) is 5. The summed E-state index contributed by atoms with van der Waals surface area (Å²) in [5.41, 5.74) is 1.09. The Labute approximate surface area is 92.3 Å². The molecule has 6 heteroatoms. The molecular weight excluding hydrogens is 212 g/mol. The topological polar surface area (TPSA) is 116 Å². The first-order valence-electron chi connectivity index (χ1n) is 4.61. The van der Waals surface area contributed by atoms with Crippen molar-refractivity contribution < 1.29 is 20.1 Å². The largest absolute Gasteiger partial charge is 0.504 e. The van der Waals surface area contributed by atoms with Crippen molar-refractivity contribution in [2.75, 3.05) is 0 Å². The fraction of sp³-hybridized carbons (Fsp3) is 0.300. The third-order valence-corrected chi connectivity index (χ3v) is 2.43. The van der Waals surface area contributed by atoms with Gasteiger partial charge in [-0.1, -0.05) is 12.1 Å². The lowest BCUT2D eigenvalue weighted by Crippen LogP contribution is -2.54. The van der Waals surface area contributed by atoms with Crippen molar-refractivity contribution in [3.63, 3.8) is 0 Å². The Balaban J connectivity index is 3.04. The number of benzene rings is 1. The van der Waals surface area contributed by atoms with Gasteiger partial charge in [0.1, 0.15) is 5.54 Å². The van der Waals surface area contributed by atoms with Gasteiger partial charge in [0.15, 0.2) is 11.5 Å². The molecule has 0 bridgehead atoms. The summed E-state index contributed by atoms with van der Waals surface area (Å²) >= 11 is 0. The van der Waals surface area contributed by atoms with Gasteiger partial charge in [-0.05, 0) is 13.0 Å². The SMILES string of the molecule is CC(Cc1cccc(O)c1O)(NN)C(=O)O. The Morgan fingerprint density at radius 1 is 1.50 bits per heavy atom. The van der Waals surface area contributed by atoms with Crippen LogP contribution in [0.3, 0.4) is 0 Å². The monoisotopic (exact) mass is 226 g/mol. The molecule has 0 amide bonds. The lowest BCUT2D eigenvalue weighted by Gasteiger charge is -2.24. The second kappa shape index (κ2) is 4.38. The standard InChI is InChI=1S/C10H14N2O4/c1-10(12-11,9(15)16)5-6-3-2-4-7(13)8(6)14/h2-4,12-14H,5,11H2,1H3,(H,15,16). The number of phenols is 2. The van der Waals surface area contributed by atoms with Gasteiger partial charge < -0.3 is 15.3 Å². The molecule has 0 spiro atoms. The second-order valence-electron chi connectivity index (χ2n) is 3.74. The van der Waals surface area contributed by atoms with Crippen molar-refractivity contribution in [2.45, 2.75) is 18.9 Å². The summed E-state index contributed by atoms with van der Waals surface area (Å²) in [6.45, 7) is 1.39. The summed E-state index contributed by atoms with van der Waals surface area (Å²) in [6.07, 6.45) is -0.0426. The van der Waals surface area contributed by atoms with Crippen LogP contribution in [0.25, 0.3) is 0 Å². The molecule has 1 aromatic carbocycles. The summed E-state index contributed by atoms with van der Waals surface area (Å²) in [4.78, 5) is 11.0. The Morgan fingerprint density at radius 2 is 2.12 bits per heavy atom. The molecule has 0 saturated heterocycles. The molecule has 16 heavy (non-hydrogen) atoms. The molecule has 0 heterocycles. The fourth-order valence-corrected chi connectivity index (χ4v) is 1.29. The number of nitrogens with one attached hydrogen (secondary N) is 1. The minimum absolute atomic E-state index is 0.0426. The first-order chi connectivity index (χ1) is 7.40. The predicted octanol–water partition coefficient (Wildman–Crippen LogP) is -0.0531. The van der Waals surface area contributed by atoms with E-state index in [-0.39, 0.29) is 17.9 Å². The molecule has 1 atom stereocenters. The van der Waals surface area contributed by atoms with E-state index in [0.29, 0.717) is 5.56 Å². The molecule has 6 nitrogen and oxygen atoms in total. The molecular formula is C10H14N2O4. The van der Waals surface area contributed by atoms with Crippen molar-refractivity contribution in [1.82, 2.24) is 5.43 Å². The normalized spacial score (nSPS) is 14.4. The quantitative estimate of drug-likeness (QED) is 0.279. The van der Waals surface area contributed by atoms with E-state index in [0.717, 1.165) is 0 Å². The Hall–Kier alpha value is -1.79. The van der Waals surface area contributed by atoms with Gasteiger partial charge in [-0.25, -0.2) is 5.43 Å².